The van der Waals surface area contributed by atoms with Crippen LogP contribution in [0.2, 0.25) is 5.02 Å². The van der Waals surface area contributed by atoms with Crippen LogP contribution in [-0.4, -0.2) is 36.0 Å². The molecule has 0 fully saturated rings. The average Bonchev–Trinajstić information content (AvgIpc) is 2.33. The molecule has 0 aliphatic carbocycles. The third-order valence-electron chi connectivity index (χ3n) is 3.04. The van der Waals surface area contributed by atoms with Crippen molar-refractivity contribution >= 4 is 23.0 Å². The summed E-state index contributed by atoms with van der Waals surface area (Å²) in [7, 11) is 2.06. The fourth-order valence-electron chi connectivity index (χ4n) is 1.62. The van der Waals surface area contributed by atoms with Gasteiger partial charge >= 0.3 is 0 Å². The van der Waals surface area contributed by atoms with Crippen molar-refractivity contribution in [3.05, 3.63) is 33.3 Å². The van der Waals surface area contributed by atoms with Gasteiger partial charge in [-0.05, 0) is 46.0 Å². The smallest absolute Gasteiger partial charge is 0.292 e. The van der Waals surface area contributed by atoms with Crippen LogP contribution < -0.4 is 5.32 Å². The number of anilines is 1. The summed E-state index contributed by atoms with van der Waals surface area (Å²) in [6.45, 7) is 5.89. The molecular weight excluding hydrogens is 266 g/mol. The Morgan fingerprint density at radius 2 is 2.16 bits per heavy atom. The second kappa shape index (κ2) is 7.31. The van der Waals surface area contributed by atoms with Crippen LogP contribution in [0.15, 0.2) is 18.2 Å². The number of halogens is 1. The lowest BCUT2D eigenvalue weighted by Crippen LogP contribution is -2.28. The van der Waals surface area contributed by atoms with Gasteiger partial charge in [0.1, 0.15) is 5.69 Å². The van der Waals surface area contributed by atoms with Crippen molar-refractivity contribution < 1.29 is 4.92 Å². The second-order valence-electron chi connectivity index (χ2n) is 4.77. The minimum Gasteiger partial charge on any atom is -0.379 e. The van der Waals surface area contributed by atoms with Crippen molar-refractivity contribution in [3.8, 4) is 0 Å². The zero-order valence-electron chi connectivity index (χ0n) is 11.5. The summed E-state index contributed by atoms with van der Waals surface area (Å²) >= 11 is 5.86. The number of nitro groups is 1. The Morgan fingerprint density at radius 1 is 1.47 bits per heavy atom. The zero-order valence-corrected chi connectivity index (χ0v) is 12.3. The third kappa shape index (κ3) is 5.04. The monoisotopic (exact) mass is 285 g/mol. The molecule has 106 valence electrons. The molecule has 0 spiro atoms. The van der Waals surface area contributed by atoms with E-state index in [4.69, 9.17) is 11.6 Å². The molecule has 0 aliphatic heterocycles. The highest BCUT2D eigenvalue weighted by Gasteiger charge is 2.13. The van der Waals surface area contributed by atoms with E-state index in [1.165, 1.54) is 12.1 Å². The van der Waals surface area contributed by atoms with E-state index in [9.17, 15) is 10.1 Å². The van der Waals surface area contributed by atoms with Crippen molar-refractivity contribution in [3.63, 3.8) is 0 Å². The fourth-order valence-corrected chi connectivity index (χ4v) is 1.79. The number of hydrogen-bond donors (Lipinski definition) is 1. The first-order valence-corrected chi connectivity index (χ1v) is 6.67. The lowest BCUT2D eigenvalue weighted by atomic mass is 10.2. The summed E-state index contributed by atoms with van der Waals surface area (Å²) in [5.74, 6) is 0. The van der Waals surface area contributed by atoms with Crippen LogP contribution in [0.3, 0.4) is 0 Å². The van der Waals surface area contributed by atoms with E-state index < -0.39 is 4.92 Å². The highest BCUT2D eigenvalue weighted by Crippen LogP contribution is 2.27. The predicted octanol–water partition coefficient (Wildman–Crippen LogP) is 3.39. The van der Waals surface area contributed by atoms with Crippen molar-refractivity contribution in [2.75, 3.05) is 25.5 Å². The summed E-state index contributed by atoms with van der Waals surface area (Å²) in [5, 5.41) is 14.4. The maximum absolute atomic E-state index is 10.9. The average molecular weight is 286 g/mol. The number of nitro benzene ring substituents is 1. The Morgan fingerprint density at radius 3 is 2.74 bits per heavy atom. The molecule has 0 aliphatic rings. The maximum atomic E-state index is 10.9. The zero-order chi connectivity index (χ0) is 14.4. The first-order valence-electron chi connectivity index (χ1n) is 6.30. The maximum Gasteiger partial charge on any atom is 0.292 e. The molecule has 0 saturated heterocycles. The number of rotatable bonds is 7. The molecule has 5 nitrogen and oxygen atoms in total. The molecule has 6 heteroatoms. The van der Waals surface area contributed by atoms with Crippen LogP contribution in [-0.2, 0) is 0 Å². The molecule has 0 atom stereocenters. The summed E-state index contributed by atoms with van der Waals surface area (Å²) in [6, 6.07) is 5.04. The summed E-state index contributed by atoms with van der Waals surface area (Å²) < 4.78 is 0. The second-order valence-corrected chi connectivity index (χ2v) is 5.21. The molecule has 0 saturated carbocycles. The molecule has 0 heterocycles. The van der Waals surface area contributed by atoms with E-state index in [1.807, 2.05) is 0 Å². The quantitative estimate of drug-likeness (QED) is 0.474. The van der Waals surface area contributed by atoms with Gasteiger partial charge in [0.05, 0.1) is 4.92 Å². The van der Waals surface area contributed by atoms with Gasteiger partial charge in [-0.2, -0.15) is 0 Å². The Labute approximate surface area is 118 Å². The van der Waals surface area contributed by atoms with E-state index in [-0.39, 0.29) is 5.69 Å². The van der Waals surface area contributed by atoms with Gasteiger partial charge in [-0.1, -0.05) is 11.6 Å². The molecular formula is C13H20ClN3O2. The van der Waals surface area contributed by atoms with Crippen molar-refractivity contribution in [2.45, 2.75) is 26.3 Å². The summed E-state index contributed by atoms with van der Waals surface area (Å²) in [4.78, 5) is 12.7. The van der Waals surface area contributed by atoms with Gasteiger partial charge in [-0.25, -0.2) is 0 Å². The van der Waals surface area contributed by atoms with Crippen LogP contribution in [0.4, 0.5) is 11.4 Å². The van der Waals surface area contributed by atoms with Crippen LogP contribution in [0, 0.1) is 10.1 Å². The van der Waals surface area contributed by atoms with Crippen molar-refractivity contribution in [2.24, 2.45) is 0 Å². The van der Waals surface area contributed by atoms with Crippen LogP contribution in [0.1, 0.15) is 20.3 Å². The van der Waals surface area contributed by atoms with Crippen LogP contribution >= 0.6 is 11.6 Å². The van der Waals surface area contributed by atoms with E-state index in [0.29, 0.717) is 23.3 Å². The fraction of sp³-hybridized carbons (Fsp3) is 0.538. The highest BCUT2D eigenvalue weighted by molar-refractivity contribution is 6.31. The number of nitrogens with zero attached hydrogens (tertiary/aromatic N) is 2. The highest BCUT2D eigenvalue weighted by atomic mass is 35.5. The minimum absolute atomic E-state index is 0.0571. The summed E-state index contributed by atoms with van der Waals surface area (Å²) in [6.07, 6.45) is 0.915. The SMILES string of the molecule is CC(C)N(C)CCCNc1cc(Cl)ccc1[N+](=O)[O-]. The van der Waals surface area contributed by atoms with Gasteiger partial charge < -0.3 is 10.2 Å². The molecule has 1 aromatic carbocycles. The molecule has 1 rings (SSSR count). The normalized spacial score (nSPS) is 11.1. The standard InChI is InChI=1S/C13H20ClN3O2/c1-10(2)16(3)8-4-7-15-12-9-11(14)5-6-13(12)17(18)19/h5-6,9-10,15H,4,7-8H2,1-3H3. The van der Waals surface area contributed by atoms with E-state index in [1.54, 1.807) is 6.07 Å². The lowest BCUT2D eigenvalue weighted by Gasteiger charge is -2.20. The Balaban J connectivity index is 2.53. The Bertz CT molecular complexity index is 438. The third-order valence-corrected chi connectivity index (χ3v) is 3.27. The molecule has 1 aromatic rings. The molecule has 0 amide bonds. The molecule has 0 unspecified atom stereocenters. The first-order chi connectivity index (χ1) is 8.91. The Kier molecular flexibility index (Phi) is 6.05. The Hall–Kier alpha value is -1.33. The molecule has 0 aromatic heterocycles. The largest absolute Gasteiger partial charge is 0.379 e. The van der Waals surface area contributed by atoms with Gasteiger partial charge in [0.25, 0.3) is 5.69 Å². The van der Waals surface area contributed by atoms with Gasteiger partial charge in [0.15, 0.2) is 0 Å². The number of hydrogen-bond acceptors (Lipinski definition) is 4. The molecule has 19 heavy (non-hydrogen) atoms. The van der Waals surface area contributed by atoms with E-state index >= 15 is 0 Å². The van der Waals surface area contributed by atoms with Gasteiger partial charge in [0.2, 0.25) is 0 Å². The van der Waals surface area contributed by atoms with Gasteiger partial charge in [-0.3, -0.25) is 10.1 Å². The molecule has 0 bridgehead atoms. The predicted molar refractivity (Wildman–Crippen MR) is 79.0 cm³/mol. The summed E-state index contributed by atoms with van der Waals surface area (Å²) in [5.41, 5.74) is 0.534. The number of nitrogens with one attached hydrogen (secondary N) is 1. The van der Waals surface area contributed by atoms with Crippen LogP contribution in [0.5, 0.6) is 0 Å². The molecule has 0 radical (unpaired) electrons. The first kappa shape index (κ1) is 15.7. The topological polar surface area (TPSA) is 58.4 Å². The molecule has 1 N–H and O–H groups in total. The minimum atomic E-state index is -0.404. The van der Waals surface area contributed by atoms with E-state index in [0.717, 1.165) is 13.0 Å². The number of benzene rings is 1. The van der Waals surface area contributed by atoms with E-state index in [2.05, 4.69) is 31.1 Å². The van der Waals surface area contributed by atoms with Gasteiger partial charge in [-0.15, -0.1) is 0 Å². The van der Waals surface area contributed by atoms with Crippen LogP contribution in [0.25, 0.3) is 0 Å². The van der Waals surface area contributed by atoms with Crippen molar-refractivity contribution in [1.82, 2.24) is 4.90 Å². The van der Waals surface area contributed by atoms with Crippen molar-refractivity contribution in [1.29, 1.82) is 0 Å². The lowest BCUT2D eigenvalue weighted by molar-refractivity contribution is -0.384. The van der Waals surface area contributed by atoms with Gasteiger partial charge in [0, 0.05) is 23.7 Å².